The van der Waals surface area contributed by atoms with Gasteiger partial charge in [-0.05, 0) is 19.1 Å². The summed E-state index contributed by atoms with van der Waals surface area (Å²) in [7, 11) is 1.68. The predicted octanol–water partition coefficient (Wildman–Crippen LogP) is 2.21. The molecule has 0 saturated carbocycles. The van der Waals surface area contributed by atoms with E-state index in [1.54, 1.807) is 30.0 Å². The summed E-state index contributed by atoms with van der Waals surface area (Å²) >= 11 is 0. The molecule has 1 aromatic heterocycles. The zero-order chi connectivity index (χ0) is 14.4. The number of nitrogens with zero attached hydrogens (tertiary/aromatic N) is 1. The highest BCUT2D eigenvalue weighted by Gasteiger charge is 2.09. The van der Waals surface area contributed by atoms with Crippen LogP contribution in [0, 0.1) is 0 Å². The first-order chi connectivity index (χ1) is 9.72. The Labute approximate surface area is 119 Å². The molecule has 0 radical (unpaired) electrons. The summed E-state index contributed by atoms with van der Waals surface area (Å²) in [4.78, 5) is 11.6. The van der Waals surface area contributed by atoms with Crippen molar-refractivity contribution in [2.24, 2.45) is 0 Å². The molecule has 4 nitrogen and oxygen atoms in total. The zero-order valence-corrected chi connectivity index (χ0v) is 11.9. The predicted molar refractivity (Wildman–Crippen MR) is 80.1 cm³/mol. The van der Waals surface area contributed by atoms with Gasteiger partial charge in [0.15, 0.2) is 0 Å². The number of hydrogen-bond donors (Lipinski definition) is 1. The third-order valence-corrected chi connectivity index (χ3v) is 3.31. The lowest BCUT2D eigenvalue weighted by atomic mass is 10.1. The number of nitrogens with one attached hydrogen (secondary N) is 1. The third-order valence-electron chi connectivity index (χ3n) is 3.31. The third kappa shape index (κ3) is 3.48. The smallest absolute Gasteiger partial charge is 0.250 e. The van der Waals surface area contributed by atoms with Crippen LogP contribution in [0.1, 0.15) is 18.5 Å². The van der Waals surface area contributed by atoms with Gasteiger partial charge < -0.3 is 14.6 Å². The first kappa shape index (κ1) is 14.3. The first-order valence-corrected chi connectivity index (χ1v) is 6.74. The van der Waals surface area contributed by atoms with E-state index >= 15 is 0 Å². The van der Waals surface area contributed by atoms with Gasteiger partial charge in [0.1, 0.15) is 5.75 Å². The van der Waals surface area contributed by atoms with Crippen LogP contribution in [-0.4, -0.2) is 18.2 Å². The van der Waals surface area contributed by atoms with Crippen molar-refractivity contribution in [3.05, 3.63) is 64.6 Å². The van der Waals surface area contributed by atoms with Crippen molar-refractivity contribution in [3.8, 4) is 5.75 Å². The van der Waals surface area contributed by atoms with E-state index in [2.05, 4.69) is 12.2 Å². The van der Waals surface area contributed by atoms with E-state index in [0.717, 1.165) is 17.9 Å². The molecule has 20 heavy (non-hydrogen) atoms. The molecule has 0 amide bonds. The molecular formula is C16H20N2O2. The second-order valence-electron chi connectivity index (χ2n) is 4.65. The largest absolute Gasteiger partial charge is 0.496 e. The van der Waals surface area contributed by atoms with Gasteiger partial charge in [-0.15, -0.1) is 0 Å². The normalized spacial score (nSPS) is 12.1. The Morgan fingerprint density at radius 2 is 1.95 bits per heavy atom. The molecule has 4 heteroatoms. The summed E-state index contributed by atoms with van der Waals surface area (Å²) in [5, 5.41) is 3.41. The Balaban J connectivity index is 1.94. The second kappa shape index (κ2) is 6.91. The molecule has 0 spiro atoms. The van der Waals surface area contributed by atoms with Crippen LogP contribution < -0.4 is 15.6 Å². The highest BCUT2D eigenvalue weighted by molar-refractivity contribution is 5.35. The molecule has 0 aliphatic rings. The number of benzene rings is 1. The highest BCUT2D eigenvalue weighted by Crippen LogP contribution is 2.23. The van der Waals surface area contributed by atoms with Crippen LogP contribution in [0.25, 0.3) is 0 Å². The molecule has 1 heterocycles. The van der Waals surface area contributed by atoms with E-state index in [4.69, 9.17) is 4.74 Å². The van der Waals surface area contributed by atoms with Crippen LogP contribution in [0.3, 0.4) is 0 Å². The molecule has 0 unspecified atom stereocenters. The molecule has 0 aliphatic heterocycles. The molecule has 2 rings (SSSR count). The summed E-state index contributed by atoms with van der Waals surface area (Å²) in [6.45, 7) is 3.47. The molecule has 0 bridgehead atoms. The number of rotatable bonds is 6. The molecule has 1 N–H and O–H groups in total. The summed E-state index contributed by atoms with van der Waals surface area (Å²) < 4.78 is 7.05. The maximum atomic E-state index is 11.6. The number of ether oxygens (including phenoxy) is 1. The lowest BCUT2D eigenvalue weighted by Gasteiger charge is -2.17. The van der Waals surface area contributed by atoms with Gasteiger partial charge >= 0.3 is 0 Å². The Morgan fingerprint density at radius 1 is 1.20 bits per heavy atom. The monoisotopic (exact) mass is 272 g/mol. The summed E-state index contributed by atoms with van der Waals surface area (Å²) in [5.41, 5.74) is 1.15. The van der Waals surface area contributed by atoms with Gasteiger partial charge in [-0.2, -0.15) is 0 Å². The minimum absolute atomic E-state index is 0.0271. The number of hydrogen-bond acceptors (Lipinski definition) is 3. The van der Waals surface area contributed by atoms with Crippen molar-refractivity contribution in [2.75, 3.05) is 13.7 Å². The zero-order valence-electron chi connectivity index (χ0n) is 11.9. The van der Waals surface area contributed by atoms with Gasteiger partial charge in [-0.3, -0.25) is 4.79 Å². The molecule has 0 saturated heterocycles. The quantitative estimate of drug-likeness (QED) is 0.876. The Kier molecular flexibility index (Phi) is 4.96. The van der Waals surface area contributed by atoms with Gasteiger partial charge in [0, 0.05) is 37.0 Å². The summed E-state index contributed by atoms with van der Waals surface area (Å²) in [6.07, 6.45) is 1.80. The van der Waals surface area contributed by atoms with Gasteiger partial charge in [0.25, 0.3) is 5.56 Å². The van der Waals surface area contributed by atoms with Crippen LogP contribution in [0.2, 0.25) is 0 Å². The number of aromatic nitrogens is 1. The maximum absolute atomic E-state index is 11.6. The van der Waals surface area contributed by atoms with Crippen molar-refractivity contribution in [3.63, 3.8) is 0 Å². The SMILES string of the molecule is COc1ccccc1[C@H](C)NCCn1ccccc1=O. The summed E-state index contributed by atoms with van der Waals surface area (Å²) in [6, 6.07) is 13.3. The van der Waals surface area contributed by atoms with Crippen LogP contribution >= 0.6 is 0 Å². The van der Waals surface area contributed by atoms with Crippen molar-refractivity contribution in [1.29, 1.82) is 0 Å². The van der Waals surface area contributed by atoms with Gasteiger partial charge in [-0.1, -0.05) is 24.3 Å². The highest BCUT2D eigenvalue weighted by atomic mass is 16.5. The fraction of sp³-hybridized carbons (Fsp3) is 0.312. The molecule has 1 aromatic carbocycles. The first-order valence-electron chi connectivity index (χ1n) is 6.74. The number of pyridine rings is 1. The lowest BCUT2D eigenvalue weighted by Crippen LogP contribution is -2.27. The fourth-order valence-corrected chi connectivity index (χ4v) is 2.18. The average Bonchev–Trinajstić information content (AvgIpc) is 2.49. The number of methoxy groups -OCH3 is 1. The van der Waals surface area contributed by atoms with E-state index in [1.165, 1.54) is 0 Å². The Bertz CT molecular complexity index is 607. The fourth-order valence-electron chi connectivity index (χ4n) is 2.18. The van der Waals surface area contributed by atoms with Crippen molar-refractivity contribution in [2.45, 2.75) is 19.5 Å². The molecular weight excluding hydrogens is 252 g/mol. The molecule has 106 valence electrons. The summed E-state index contributed by atoms with van der Waals surface area (Å²) in [5.74, 6) is 0.879. The standard InChI is InChI=1S/C16H20N2O2/c1-13(14-7-3-4-8-15(14)20-2)17-10-12-18-11-6-5-9-16(18)19/h3-9,11,13,17H,10,12H2,1-2H3/t13-/m0/s1. The minimum Gasteiger partial charge on any atom is -0.496 e. The average molecular weight is 272 g/mol. The van der Waals surface area contributed by atoms with Crippen LogP contribution in [0.15, 0.2) is 53.5 Å². The van der Waals surface area contributed by atoms with Gasteiger partial charge in [0.2, 0.25) is 0 Å². The Hall–Kier alpha value is -2.07. The van der Waals surface area contributed by atoms with Crippen LogP contribution in [0.5, 0.6) is 5.75 Å². The van der Waals surface area contributed by atoms with E-state index in [0.29, 0.717) is 6.54 Å². The molecule has 0 aliphatic carbocycles. The van der Waals surface area contributed by atoms with Crippen molar-refractivity contribution >= 4 is 0 Å². The van der Waals surface area contributed by atoms with E-state index in [9.17, 15) is 4.79 Å². The molecule has 2 aromatic rings. The van der Waals surface area contributed by atoms with Gasteiger partial charge in [-0.25, -0.2) is 0 Å². The van der Waals surface area contributed by atoms with Crippen LogP contribution in [-0.2, 0) is 6.54 Å². The molecule has 1 atom stereocenters. The Morgan fingerprint density at radius 3 is 2.70 bits per heavy atom. The topological polar surface area (TPSA) is 43.3 Å². The maximum Gasteiger partial charge on any atom is 0.250 e. The van der Waals surface area contributed by atoms with Gasteiger partial charge in [0.05, 0.1) is 7.11 Å². The van der Waals surface area contributed by atoms with E-state index in [-0.39, 0.29) is 11.6 Å². The minimum atomic E-state index is 0.0271. The van der Waals surface area contributed by atoms with Crippen molar-refractivity contribution < 1.29 is 4.74 Å². The molecule has 0 fully saturated rings. The lowest BCUT2D eigenvalue weighted by molar-refractivity contribution is 0.400. The van der Waals surface area contributed by atoms with E-state index < -0.39 is 0 Å². The second-order valence-corrected chi connectivity index (χ2v) is 4.65. The van der Waals surface area contributed by atoms with E-state index in [1.807, 2.05) is 30.3 Å². The van der Waals surface area contributed by atoms with Crippen molar-refractivity contribution in [1.82, 2.24) is 9.88 Å². The van der Waals surface area contributed by atoms with Crippen LogP contribution in [0.4, 0.5) is 0 Å². The number of para-hydroxylation sites is 1.